The summed E-state index contributed by atoms with van der Waals surface area (Å²) in [5.41, 5.74) is 6.88. The number of aromatic nitrogens is 2. The molecule has 6 nitrogen and oxygen atoms in total. The summed E-state index contributed by atoms with van der Waals surface area (Å²) in [6.07, 6.45) is 1.82. The summed E-state index contributed by atoms with van der Waals surface area (Å²) in [5.74, 6) is -0.353. The van der Waals surface area contributed by atoms with Crippen molar-refractivity contribution in [2.24, 2.45) is 0 Å². The van der Waals surface area contributed by atoms with E-state index in [1.165, 1.54) is 12.7 Å². The van der Waals surface area contributed by atoms with E-state index in [9.17, 15) is 4.79 Å². The van der Waals surface area contributed by atoms with Gasteiger partial charge in [0.1, 0.15) is 0 Å². The van der Waals surface area contributed by atoms with Gasteiger partial charge in [-0.25, -0.2) is 4.79 Å². The maximum atomic E-state index is 12.2. The molecule has 182 valence electrons. The Morgan fingerprint density at radius 2 is 1.81 bits per heavy atom. The van der Waals surface area contributed by atoms with Gasteiger partial charge in [-0.1, -0.05) is 42.5 Å². The quantitative estimate of drug-likeness (QED) is 0.283. The highest BCUT2D eigenvalue weighted by Gasteiger charge is 2.41. The third-order valence-electron chi connectivity index (χ3n) is 6.71. The van der Waals surface area contributed by atoms with Crippen molar-refractivity contribution in [3.63, 3.8) is 0 Å². The zero-order chi connectivity index (χ0) is 25.2. The van der Waals surface area contributed by atoms with Gasteiger partial charge >= 0.3 is 5.97 Å². The number of esters is 1. The van der Waals surface area contributed by atoms with Crippen molar-refractivity contribution < 1.29 is 9.53 Å². The molecule has 0 saturated carbocycles. The van der Waals surface area contributed by atoms with Crippen molar-refractivity contribution in [2.45, 2.75) is 32.5 Å². The first kappa shape index (κ1) is 23.8. The number of aryl methyl sites for hydroxylation is 1. The van der Waals surface area contributed by atoms with Gasteiger partial charge in [0, 0.05) is 29.8 Å². The van der Waals surface area contributed by atoms with Crippen LogP contribution in [0.1, 0.15) is 50.7 Å². The number of carbonyl (C=O) groups excluding carboxylic acids is 1. The lowest BCUT2D eigenvalue weighted by Crippen LogP contribution is -2.29. The van der Waals surface area contributed by atoms with Gasteiger partial charge in [-0.15, -0.1) is 0 Å². The molecule has 0 spiro atoms. The van der Waals surface area contributed by atoms with Crippen LogP contribution in [-0.4, -0.2) is 32.6 Å². The number of benzene rings is 2. The highest BCUT2D eigenvalue weighted by Crippen LogP contribution is 2.42. The summed E-state index contributed by atoms with van der Waals surface area (Å²) in [6, 6.07) is 25.9. The topological polar surface area (TPSA) is 59.4 Å². The van der Waals surface area contributed by atoms with Crippen molar-refractivity contribution in [3.8, 4) is 5.69 Å². The Hall–Kier alpha value is -3.97. The molecule has 0 radical (unpaired) electrons. The van der Waals surface area contributed by atoms with Gasteiger partial charge in [0.15, 0.2) is 5.11 Å². The van der Waals surface area contributed by atoms with Crippen LogP contribution in [0, 0.1) is 13.8 Å². The minimum Gasteiger partial charge on any atom is -0.465 e. The Morgan fingerprint density at radius 1 is 1.03 bits per heavy atom. The first-order chi connectivity index (χ1) is 17.5. The molecular weight excluding hydrogens is 468 g/mol. The number of rotatable bonds is 6. The number of nitrogens with zero attached hydrogens (tertiary/aromatic N) is 3. The van der Waals surface area contributed by atoms with Crippen LogP contribution in [-0.2, 0) is 11.3 Å². The lowest BCUT2D eigenvalue weighted by atomic mass is 9.96. The molecule has 4 aromatic rings. The normalized spacial score (nSPS) is 17.2. The van der Waals surface area contributed by atoms with E-state index < -0.39 is 0 Å². The van der Waals surface area contributed by atoms with Crippen molar-refractivity contribution in [1.29, 1.82) is 0 Å². The fraction of sp³-hybridized carbons (Fsp3) is 0.207. The lowest BCUT2D eigenvalue weighted by Gasteiger charge is -2.28. The van der Waals surface area contributed by atoms with Gasteiger partial charge in [0.2, 0.25) is 0 Å². The van der Waals surface area contributed by atoms with E-state index in [2.05, 4.69) is 51.8 Å². The minimum atomic E-state index is -0.353. The highest BCUT2D eigenvalue weighted by molar-refractivity contribution is 7.80. The second-order valence-electron chi connectivity index (χ2n) is 8.94. The van der Waals surface area contributed by atoms with Crippen molar-refractivity contribution >= 4 is 23.3 Å². The van der Waals surface area contributed by atoms with Crippen LogP contribution in [0.2, 0.25) is 0 Å². The predicted octanol–water partition coefficient (Wildman–Crippen LogP) is 5.45. The number of hydrogen-bond acceptors (Lipinski definition) is 4. The first-order valence-corrected chi connectivity index (χ1v) is 12.3. The third kappa shape index (κ3) is 4.38. The molecule has 0 bridgehead atoms. The zero-order valence-corrected chi connectivity index (χ0v) is 21.3. The van der Waals surface area contributed by atoms with Gasteiger partial charge in [-0.2, -0.15) is 0 Å². The molecule has 2 aromatic heterocycles. The van der Waals surface area contributed by atoms with Crippen LogP contribution in [0.5, 0.6) is 0 Å². The number of nitrogens with one attached hydrogen (secondary N) is 1. The Labute approximate surface area is 216 Å². The van der Waals surface area contributed by atoms with Crippen molar-refractivity contribution in [3.05, 3.63) is 119 Å². The fourth-order valence-corrected chi connectivity index (χ4v) is 5.37. The van der Waals surface area contributed by atoms with E-state index in [1.54, 1.807) is 6.07 Å². The maximum absolute atomic E-state index is 12.2. The monoisotopic (exact) mass is 496 g/mol. The molecule has 0 unspecified atom stereocenters. The smallest absolute Gasteiger partial charge is 0.337 e. The molecule has 7 heteroatoms. The Bertz CT molecular complexity index is 1400. The molecule has 1 fully saturated rings. The van der Waals surface area contributed by atoms with Gasteiger partial charge < -0.3 is 19.5 Å². The highest BCUT2D eigenvalue weighted by atomic mass is 32.1. The van der Waals surface area contributed by atoms with E-state index in [0.29, 0.717) is 17.2 Å². The van der Waals surface area contributed by atoms with Gasteiger partial charge in [0.05, 0.1) is 30.5 Å². The SMILES string of the molecule is COC(=O)c1cccc(-n2c(C)cc([C@@H]3[C@@H](c4ccccn4)NC(=S)N3Cc3ccccc3)c2C)c1. The van der Waals surface area contributed by atoms with E-state index >= 15 is 0 Å². The fourth-order valence-electron chi connectivity index (χ4n) is 5.07. The molecule has 1 aliphatic rings. The molecule has 2 atom stereocenters. The van der Waals surface area contributed by atoms with Gasteiger partial charge in [-0.05, 0) is 73.6 Å². The Morgan fingerprint density at radius 3 is 2.53 bits per heavy atom. The second kappa shape index (κ2) is 9.95. The Balaban J connectivity index is 1.61. The summed E-state index contributed by atoms with van der Waals surface area (Å²) in [5, 5.41) is 4.25. The summed E-state index contributed by atoms with van der Waals surface area (Å²) in [6.45, 7) is 4.88. The van der Waals surface area contributed by atoms with Crippen LogP contribution in [0.4, 0.5) is 0 Å². The predicted molar refractivity (Wildman–Crippen MR) is 144 cm³/mol. The molecule has 1 aliphatic heterocycles. The largest absolute Gasteiger partial charge is 0.465 e. The summed E-state index contributed by atoms with van der Waals surface area (Å²) in [7, 11) is 1.40. The van der Waals surface area contributed by atoms with Crippen LogP contribution in [0.25, 0.3) is 5.69 Å². The summed E-state index contributed by atoms with van der Waals surface area (Å²) in [4.78, 5) is 19.1. The van der Waals surface area contributed by atoms with Gasteiger partial charge in [0.25, 0.3) is 0 Å². The van der Waals surface area contributed by atoms with Crippen LogP contribution >= 0.6 is 12.2 Å². The average Bonchev–Trinajstić information content (AvgIpc) is 3.39. The minimum absolute atomic E-state index is 0.0589. The molecule has 2 aromatic carbocycles. The number of carbonyl (C=O) groups is 1. The third-order valence-corrected chi connectivity index (χ3v) is 7.06. The Kier molecular flexibility index (Phi) is 6.57. The van der Waals surface area contributed by atoms with Crippen LogP contribution < -0.4 is 5.32 Å². The van der Waals surface area contributed by atoms with Crippen LogP contribution in [0.15, 0.2) is 85.1 Å². The number of pyridine rings is 1. The maximum Gasteiger partial charge on any atom is 0.337 e. The molecule has 5 rings (SSSR count). The van der Waals surface area contributed by atoms with Crippen LogP contribution in [0.3, 0.4) is 0 Å². The number of thiocarbonyl (C=S) groups is 1. The number of methoxy groups -OCH3 is 1. The molecule has 36 heavy (non-hydrogen) atoms. The molecular formula is C29H28N4O2S. The molecule has 1 N–H and O–H groups in total. The van der Waals surface area contributed by atoms with E-state index in [0.717, 1.165) is 28.3 Å². The number of hydrogen-bond donors (Lipinski definition) is 1. The number of ether oxygens (including phenoxy) is 1. The van der Waals surface area contributed by atoms with Crippen molar-refractivity contribution in [1.82, 2.24) is 19.8 Å². The van der Waals surface area contributed by atoms with E-state index in [1.807, 2.05) is 60.8 Å². The molecule has 0 amide bonds. The summed E-state index contributed by atoms with van der Waals surface area (Å²) < 4.78 is 7.12. The zero-order valence-electron chi connectivity index (χ0n) is 20.5. The second-order valence-corrected chi connectivity index (χ2v) is 9.33. The lowest BCUT2D eigenvalue weighted by molar-refractivity contribution is 0.0600. The molecule has 1 saturated heterocycles. The van der Waals surface area contributed by atoms with E-state index in [4.69, 9.17) is 17.0 Å². The summed E-state index contributed by atoms with van der Waals surface area (Å²) >= 11 is 5.86. The van der Waals surface area contributed by atoms with E-state index in [-0.39, 0.29) is 18.1 Å². The molecule has 0 aliphatic carbocycles. The van der Waals surface area contributed by atoms with Gasteiger partial charge in [-0.3, -0.25) is 4.98 Å². The van der Waals surface area contributed by atoms with Crippen molar-refractivity contribution in [2.75, 3.05) is 7.11 Å². The first-order valence-electron chi connectivity index (χ1n) is 11.9. The standard InChI is InChI=1S/C29H28N4O2S/c1-19-16-24(20(2)33(19)23-13-9-12-22(17-23)28(34)35-3)27-26(25-14-7-8-15-30-25)31-29(36)32(27)18-21-10-5-4-6-11-21/h4-17,26-27H,18H2,1-3H3,(H,31,36)/t26-,27-/m1/s1. The average molecular weight is 497 g/mol. The molecule has 3 heterocycles.